The molecule has 1 heterocycles. The summed E-state index contributed by atoms with van der Waals surface area (Å²) in [6.45, 7) is -0.949. The van der Waals surface area contributed by atoms with Gasteiger partial charge in [-0.05, 0) is 35.4 Å². The third kappa shape index (κ3) is 6.61. The molecule has 0 bridgehead atoms. The van der Waals surface area contributed by atoms with Crippen LogP contribution in [0.15, 0.2) is 47.8 Å². The Kier molecular flexibility index (Phi) is 7.01. The van der Waals surface area contributed by atoms with Crippen LogP contribution in [0.5, 0.6) is 11.5 Å². The number of hydrogen-bond donors (Lipinski definition) is 2. The summed E-state index contributed by atoms with van der Waals surface area (Å²) in [5.74, 6) is -0.789. The molecule has 0 saturated carbocycles. The number of carboxylic acid groups (broad SMARTS) is 1. The summed E-state index contributed by atoms with van der Waals surface area (Å²) >= 11 is 1.30. The van der Waals surface area contributed by atoms with E-state index in [-0.39, 0.29) is 17.2 Å². The molecule has 0 aliphatic rings. The maximum Gasteiger partial charge on any atom is 0.422 e. The number of rotatable bonds is 9. The van der Waals surface area contributed by atoms with Gasteiger partial charge in [-0.15, -0.1) is 11.3 Å². The minimum absolute atomic E-state index is 0.0289. The summed E-state index contributed by atoms with van der Waals surface area (Å²) in [7, 11) is 1.37. The summed E-state index contributed by atoms with van der Waals surface area (Å²) in [5.41, 5.74) is 2.70. The van der Waals surface area contributed by atoms with E-state index in [1.54, 1.807) is 12.1 Å². The second-order valence-electron chi connectivity index (χ2n) is 6.55. The lowest BCUT2D eigenvalue weighted by atomic mass is 10.1. The standard InChI is InChI=1S/C21H19F3N2O4S/c1-29-18-8-14(4-7-17(18)30-12-21(22,23)24)10-25-15-5-2-13(3-6-15)9-19-26-16(11-31-19)20(27)28/h2-8,11,25H,9-10,12H2,1H3,(H,27,28). The summed E-state index contributed by atoms with van der Waals surface area (Å²) in [4.78, 5) is 15.0. The van der Waals surface area contributed by atoms with E-state index >= 15 is 0 Å². The van der Waals surface area contributed by atoms with Gasteiger partial charge in [0.1, 0.15) is 0 Å². The lowest BCUT2D eigenvalue weighted by Crippen LogP contribution is -2.19. The van der Waals surface area contributed by atoms with Crippen LogP contribution in [0.1, 0.15) is 26.6 Å². The number of aromatic carboxylic acids is 1. The lowest BCUT2D eigenvalue weighted by Gasteiger charge is -2.14. The van der Waals surface area contributed by atoms with Crippen molar-refractivity contribution in [1.82, 2.24) is 4.98 Å². The van der Waals surface area contributed by atoms with Crippen molar-refractivity contribution >= 4 is 23.0 Å². The van der Waals surface area contributed by atoms with Gasteiger partial charge in [-0.1, -0.05) is 18.2 Å². The van der Waals surface area contributed by atoms with E-state index in [9.17, 15) is 18.0 Å². The fourth-order valence-electron chi connectivity index (χ4n) is 2.71. The summed E-state index contributed by atoms with van der Waals surface area (Å²) < 4.78 is 46.9. The summed E-state index contributed by atoms with van der Waals surface area (Å²) in [5, 5.41) is 14.4. The van der Waals surface area contributed by atoms with Crippen molar-refractivity contribution in [3.63, 3.8) is 0 Å². The third-order valence-electron chi connectivity index (χ3n) is 4.20. The molecule has 1 aromatic heterocycles. The number of nitrogens with zero attached hydrogens (tertiary/aromatic N) is 1. The first-order chi connectivity index (χ1) is 14.7. The molecule has 0 amide bonds. The zero-order valence-corrected chi connectivity index (χ0v) is 17.2. The van der Waals surface area contributed by atoms with Gasteiger partial charge in [0, 0.05) is 24.0 Å². The Morgan fingerprint density at radius 2 is 1.84 bits per heavy atom. The predicted molar refractivity (Wildman–Crippen MR) is 110 cm³/mol. The van der Waals surface area contributed by atoms with Crippen LogP contribution >= 0.6 is 11.3 Å². The number of carbonyl (C=O) groups is 1. The fourth-order valence-corrected chi connectivity index (χ4v) is 3.51. The fraction of sp³-hybridized carbons (Fsp3) is 0.238. The van der Waals surface area contributed by atoms with Crippen molar-refractivity contribution in [3.05, 3.63) is 69.7 Å². The second kappa shape index (κ2) is 9.69. The van der Waals surface area contributed by atoms with E-state index in [0.29, 0.717) is 13.0 Å². The topological polar surface area (TPSA) is 80.7 Å². The van der Waals surface area contributed by atoms with Crippen molar-refractivity contribution in [2.75, 3.05) is 19.0 Å². The van der Waals surface area contributed by atoms with Crippen molar-refractivity contribution in [2.45, 2.75) is 19.1 Å². The number of benzene rings is 2. The van der Waals surface area contributed by atoms with Crippen molar-refractivity contribution < 1.29 is 32.5 Å². The van der Waals surface area contributed by atoms with Gasteiger partial charge < -0.3 is 19.9 Å². The number of nitrogens with one attached hydrogen (secondary N) is 1. The Morgan fingerprint density at radius 3 is 2.45 bits per heavy atom. The Bertz CT molecular complexity index is 1040. The Hall–Kier alpha value is -3.27. The molecule has 10 heteroatoms. The van der Waals surface area contributed by atoms with E-state index in [2.05, 4.69) is 10.3 Å². The van der Waals surface area contributed by atoms with Crippen molar-refractivity contribution in [2.24, 2.45) is 0 Å². The predicted octanol–water partition coefficient (Wildman–Crippen LogP) is 4.99. The average molecular weight is 452 g/mol. The summed E-state index contributed by atoms with van der Waals surface area (Å²) in [6, 6.07) is 12.3. The van der Waals surface area contributed by atoms with Crippen LogP contribution in [0.25, 0.3) is 0 Å². The Balaban J connectivity index is 1.57. The number of methoxy groups -OCH3 is 1. The quantitative estimate of drug-likeness (QED) is 0.476. The van der Waals surface area contributed by atoms with E-state index in [1.165, 1.54) is 29.9 Å². The highest BCUT2D eigenvalue weighted by Crippen LogP contribution is 2.30. The molecule has 0 aliphatic carbocycles. The highest BCUT2D eigenvalue weighted by molar-refractivity contribution is 7.09. The van der Waals surface area contributed by atoms with Crippen LogP contribution in [0.2, 0.25) is 0 Å². The molecule has 0 fully saturated rings. The van der Waals surface area contributed by atoms with E-state index in [0.717, 1.165) is 21.8 Å². The minimum atomic E-state index is -4.42. The zero-order chi connectivity index (χ0) is 22.4. The van der Waals surface area contributed by atoms with Gasteiger partial charge in [0.05, 0.1) is 12.1 Å². The van der Waals surface area contributed by atoms with Gasteiger partial charge in [-0.3, -0.25) is 0 Å². The van der Waals surface area contributed by atoms with Crippen LogP contribution in [-0.2, 0) is 13.0 Å². The minimum Gasteiger partial charge on any atom is -0.493 e. The van der Waals surface area contributed by atoms with Crippen LogP contribution in [-0.4, -0.2) is 36.0 Å². The lowest BCUT2D eigenvalue weighted by molar-refractivity contribution is -0.153. The summed E-state index contributed by atoms with van der Waals surface area (Å²) in [6.07, 6.45) is -3.88. The Morgan fingerprint density at radius 1 is 1.13 bits per heavy atom. The van der Waals surface area contributed by atoms with Gasteiger partial charge in [0.2, 0.25) is 0 Å². The van der Waals surface area contributed by atoms with Crippen LogP contribution in [0.3, 0.4) is 0 Å². The molecule has 2 aromatic carbocycles. The molecule has 3 aromatic rings. The zero-order valence-electron chi connectivity index (χ0n) is 16.4. The van der Waals surface area contributed by atoms with E-state index in [1.807, 2.05) is 24.3 Å². The molecule has 0 spiro atoms. The van der Waals surface area contributed by atoms with Crippen molar-refractivity contribution in [3.8, 4) is 11.5 Å². The Labute approximate surface area is 180 Å². The number of carboxylic acids is 1. The first kappa shape index (κ1) is 22.4. The van der Waals surface area contributed by atoms with Gasteiger partial charge in [0.25, 0.3) is 0 Å². The van der Waals surface area contributed by atoms with Crippen LogP contribution in [0.4, 0.5) is 18.9 Å². The number of anilines is 1. The largest absolute Gasteiger partial charge is 0.493 e. The molecule has 164 valence electrons. The number of alkyl halides is 3. The first-order valence-corrected chi connectivity index (χ1v) is 9.98. The number of ether oxygens (including phenoxy) is 2. The molecule has 31 heavy (non-hydrogen) atoms. The van der Waals surface area contributed by atoms with Crippen LogP contribution in [0, 0.1) is 0 Å². The van der Waals surface area contributed by atoms with Crippen molar-refractivity contribution in [1.29, 1.82) is 0 Å². The molecule has 0 atom stereocenters. The number of thiazole rings is 1. The van der Waals surface area contributed by atoms with Gasteiger partial charge in [0.15, 0.2) is 23.8 Å². The SMILES string of the molecule is COc1cc(CNc2ccc(Cc3nc(C(=O)O)cs3)cc2)ccc1OCC(F)(F)F. The molecule has 2 N–H and O–H groups in total. The smallest absolute Gasteiger partial charge is 0.422 e. The molecule has 3 rings (SSSR count). The van der Waals surface area contributed by atoms with Gasteiger partial charge in [-0.25, -0.2) is 9.78 Å². The van der Waals surface area contributed by atoms with Crippen LogP contribution < -0.4 is 14.8 Å². The number of hydrogen-bond acceptors (Lipinski definition) is 6. The first-order valence-electron chi connectivity index (χ1n) is 9.10. The monoisotopic (exact) mass is 452 g/mol. The molecular weight excluding hydrogens is 433 g/mol. The molecule has 0 saturated heterocycles. The molecular formula is C21H19F3N2O4S. The number of aromatic nitrogens is 1. The molecule has 0 radical (unpaired) electrons. The van der Waals surface area contributed by atoms with Gasteiger partial charge >= 0.3 is 12.1 Å². The molecule has 0 aliphatic heterocycles. The average Bonchev–Trinajstić information content (AvgIpc) is 3.20. The maximum atomic E-state index is 12.3. The normalized spacial score (nSPS) is 11.2. The van der Waals surface area contributed by atoms with E-state index < -0.39 is 18.8 Å². The van der Waals surface area contributed by atoms with E-state index in [4.69, 9.17) is 14.6 Å². The highest BCUT2D eigenvalue weighted by atomic mass is 32.1. The second-order valence-corrected chi connectivity index (χ2v) is 7.49. The van der Waals surface area contributed by atoms with Gasteiger partial charge in [-0.2, -0.15) is 13.2 Å². The number of halogens is 3. The highest BCUT2D eigenvalue weighted by Gasteiger charge is 2.29. The molecule has 6 nitrogen and oxygen atoms in total. The molecule has 0 unspecified atom stereocenters. The third-order valence-corrected chi connectivity index (χ3v) is 5.04. The maximum absolute atomic E-state index is 12.3.